The fourth-order valence-electron chi connectivity index (χ4n) is 1.70. The number of aromatic hydroxyl groups is 1. The van der Waals surface area contributed by atoms with Crippen molar-refractivity contribution in [3.05, 3.63) is 24.3 Å². The number of nitrogens with one attached hydrogen (secondary N) is 1. The molecule has 0 unspecified atom stereocenters. The van der Waals surface area contributed by atoms with Gasteiger partial charge in [-0.05, 0) is 30.4 Å². The van der Waals surface area contributed by atoms with Gasteiger partial charge in [0, 0.05) is 13.2 Å². The smallest absolute Gasteiger partial charge is 0.244 e. The molecule has 0 aliphatic heterocycles. The quantitative estimate of drug-likeness (QED) is 0.709. The Morgan fingerprint density at radius 2 is 1.89 bits per heavy atom. The molecular formula is C13H21NO4S. The Balaban J connectivity index is 2.74. The predicted octanol–water partition coefficient (Wildman–Crippen LogP) is 1.47. The van der Waals surface area contributed by atoms with Crippen molar-refractivity contribution in [2.45, 2.75) is 31.6 Å². The molecule has 108 valence electrons. The van der Waals surface area contributed by atoms with Gasteiger partial charge in [-0.1, -0.05) is 26.0 Å². The van der Waals surface area contributed by atoms with Crippen LogP contribution in [0.15, 0.2) is 29.2 Å². The Labute approximate surface area is 114 Å². The van der Waals surface area contributed by atoms with Crippen LogP contribution in [0, 0.1) is 5.41 Å². The average Bonchev–Trinajstić information content (AvgIpc) is 2.35. The Hall–Kier alpha value is -1.11. The highest BCUT2D eigenvalue weighted by Crippen LogP contribution is 2.24. The Morgan fingerprint density at radius 3 is 2.47 bits per heavy atom. The lowest BCUT2D eigenvalue weighted by Crippen LogP contribution is -2.34. The second-order valence-corrected chi connectivity index (χ2v) is 7.02. The summed E-state index contributed by atoms with van der Waals surface area (Å²) < 4.78 is 26.6. The number of hydrogen-bond donors (Lipinski definition) is 3. The number of aliphatic hydroxyl groups is 1. The van der Waals surface area contributed by atoms with Gasteiger partial charge in [0.15, 0.2) is 0 Å². The van der Waals surface area contributed by atoms with Crippen molar-refractivity contribution in [3.63, 3.8) is 0 Å². The third-order valence-electron chi connectivity index (χ3n) is 2.91. The number of benzene rings is 1. The summed E-state index contributed by atoms with van der Waals surface area (Å²) in [5, 5.41) is 18.4. The lowest BCUT2D eigenvalue weighted by molar-refractivity contribution is 0.242. The van der Waals surface area contributed by atoms with E-state index < -0.39 is 10.0 Å². The van der Waals surface area contributed by atoms with E-state index in [1.165, 1.54) is 12.1 Å². The number of sulfonamides is 1. The standard InChI is InChI=1S/C13H21NO4S/c1-13(2,8-5-9-15)10-14-19(17,18)12-7-4-3-6-11(12)16/h3-4,6-7,14-16H,5,8-10H2,1-2H3. The first-order chi connectivity index (χ1) is 8.78. The third kappa shape index (κ3) is 4.81. The normalized spacial score (nSPS) is 12.6. The number of para-hydroxylation sites is 1. The number of phenols is 1. The summed E-state index contributed by atoms with van der Waals surface area (Å²) in [5.74, 6) is -0.261. The molecule has 0 spiro atoms. The maximum atomic E-state index is 12.1. The van der Waals surface area contributed by atoms with Crippen LogP contribution in [-0.4, -0.2) is 31.8 Å². The van der Waals surface area contributed by atoms with Crippen LogP contribution in [0.3, 0.4) is 0 Å². The summed E-state index contributed by atoms with van der Waals surface area (Å²) in [4.78, 5) is -0.118. The van der Waals surface area contributed by atoms with E-state index in [1.54, 1.807) is 12.1 Å². The number of aliphatic hydroxyl groups excluding tert-OH is 1. The van der Waals surface area contributed by atoms with Gasteiger partial charge in [-0.25, -0.2) is 13.1 Å². The molecule has 3 N–H and O–H groups in total. The van der Waals surface area contributed by atoms with Gasteiger partial charge in [-0.15, -0.1) is 0 Å². The topological polar surface area (TPSA) is 86.6 Å². The first-order valence-electron chi connectivity index (χ1n) is 6.17. The molecule has 0 aliphatic carbocycles. The third-order valence-corrected chi connectivity index (χ3v) is 4.36. The Bertz CT molecular complexity index is 511. The van der Waals surface area contributed by atoms with Crippen molar-refractivity contribution in [1.29, 1.82) is 0 Å². The fourth-order valence-corrected chi connectivity index (χ4v) is 3.04. The van der Waals surface area contributed by atoms with Crippen molar-refractivity contribution in [2.24, 2.45) is 5.41 Å². The molecule has 0 saturated carbocycles. The fraction of sp³-hybridized carbons (Fsp3) is 0.538. The molecule has 0 aliphatic rings. The van der Waals surface area contributed by atoms with E-state index in [0.717, 1.165) is 0 Å². The van der Waals surface area contributed by atoms with Crippen molar-refractivity contribution >= 4 is 10.0 Å². The maximum absolute atomic E-state index is 12.1. The predicted molar refractivity (Wildman–Crippen MR) is 73.4 cm³/mol. The van der Waals surface area contributed by atoms with Gasteiger partial charge >= 0.3 is 0 Å². The average molecular weight is 287 g/mol. The van der Waals surface area contributed by atoms with Crippen molar-refractivity contribution < 1.29 is 18.6 Å². The van der Waals surface area contributed by atoms with Gasteiger partial charge < -0.3 is 10.2 Å². The molecule has 0 fully saturated rings. The van der Waals surface area contributed by atoms with Crippen LogP contribution in [0.5, 0.6) is 5.75 Å². The monoisotopic (exact) mass is 287 g/mol. The minimum Gasteiger partial charge on any atom is -0.507 e. The van der Waals surface area contributed by atoms with Crippen molar-refractivity contribution in [1.82, 2.24) is 4.72 Å². The lowest BCUT2D eigenvalue weighted by Gasteiger charge is -2.24. The van der Waals surface area contributed by atoms with Gasteiger partial charge in [0.1, 0.15) is 10.6 Å². The molecule has 0 aromatic heterocycles. The van der Waals surface area contributed by atoms with E-state index in [9.17, 15) is 13.5 Å². The van der Waals surface area contributed by atoms with E-state index in [-0.39, 0.29) is 29.2 Å². The van der Waals surface area contributed by atoms with E-state index in [4.69, 9.17) is 5.11 Å². The molecule has 1 aromatic rings. The summed E-state index contributed by atoms with van der Waals surface area (Å²) in [6, 6.07) is 5.83. The van der Waals surface area contributed by atoms with Gasteiger partial charge in [0.05, 0.1) is 0 Å². The number of hydrogen-bond acceptors (Lipinski definition) is 4. The minimum absolute atomic E-state index is 0.0929. The van der Waals surface area contributed by atoms with Crippen LogP contribution in [-0.2, 0) is 10.0 Å². The Kier molecular flexibility index (Phi) is 5.34. The number of phenolic OH excluding ortho intramolecular Hbond substituents is 1. The van der Waals surface area contributed by atoms with E-state index in [2.05, 4.69) is 4.72 Å². The highest BCUT2D eigenvalue weighted by atomic mass is 32.2. The van der Waals surface area contributed by atoms with Gasteiger partial charge in [-0.2, -0.15) is 0 Å². The van der Waals surface area contributed by atoms with Gasteiger partial charge in [0.2, 0.25) is 10.0 Å². The molecule has 0 bridgehead atoms. The van der Waals surface area contributed by atoms with Crippen LogP contribution in [0.25, 0.3) is 0 Å². The molecule has 1 rings (SSSR count). The molecule has 0 radical (unpaired) electrons. The molecule has 0 atom stereocenters. The zero-order valence-electron chi connectivity index (χ0n) is 11.3. The first-order valence-corrected chi connectivity index (χ1v) is 7.65. The summed E-state index contributed by atoms with van der Waals surface area (Å²) >= 11 is 0. The van der Waals surface area contributed by atoms with Crippen molar-refractivity contribution in [2.75, 3.05) is 13.2 Å². The molecule has 6 heteroatoms. The first kappa shape index (κ1) is 15.9. The molecule has 19 heavy (non-hydrogen) atoms. The summed E-state index contributed by atoms with van der Waals surface area (Å²) in [5.41, 5.74) is -0.250. The highest BCUT2D eigenvalue weighted by Gasteiger charge is 2.23. The van der Waals surface area contributed by atoms with E-state index in [0.29, 0.717) is 12.8 Å². The summed E-state index contributed by atoms with van der Waals surface area (Å²) in [7, 11) is -3.71. The largest absolute Gasteiger partial charge is 0.507 e. The zero-order valence-corrected chi connectivity index (χ0v) is 12.1. The van der Waals surface area contributed by atoms with Gasteiger partial charge in [-0.3, -0.25) is 0 Å². The second kappa shape index (κ2) is 6.36. The van der Waals surface area contributed by atoms with E-state index >= 15 is 0 Å². The van der Waals surface area contributed by atoms with E-state index in [1.807, 2.05) is 13.8 Å². The van der Waals surface area contributed by atoms with Crippen LogP contribution in [0.4, 0.5) is 0 Å². The lowest BCUT2D eigenvalue weighted by atomic mass is 9.88. The van der Waals surface area contributed by atoms with Crippen LogP contribution in [0.2, 0.25) is 0 Å². The molecule has 5 nitrogen and oxygen atoms in total. The molecule has 0 saturated heterocycles. The molecule has 1 aromatic carbocycles. The molecular weight excluding hydrogens is 266 g/mol. The summed E-state index contributed by atoms with van der Waals surface area (Å²) in [6.07, 6.45) is 1.35. The molecule has 0 heterocycles. The Morgan fingerprint density at radius 1 is 1.26 bits per heavy atom. The number of rotatable bonds is 7. The highest BCUT2D eigenvalue weighted by molar-refractivity contribution is 7.89. The van der Waals surface area contributed by atoms with Crippen molar-refractivity contribution in [3.8, 4) is 5.75 Å². The second-order valence-electron chi connectivity index (χ2n) is 5.28. The zero-order chi connectivity index (χ0) is 14.5. The van der Waals surface area contributed by atoms with Crippen LogP contribution >= 0.6 is 0 Å². The van der Waals surface area contributed by atoms with Gasteiger partial charge in [0.25, 0.3) is 0 Å². The SMILES string of the molecule is CC(C)(CCCO)CNS(=O)(=O)c1ccccc1O. The van der Waals surface area contributed by atoms with Crippen LogP contribution < -0.4 is 4.72 Å². The van der Waals surface area contributed by atoms with Crippen LogP contribution in [0.1, 0.15) is 26.7 Å². The minimum atomic E-state index is -3.71. The summed E-state index contributed by atoms with van der Waals surface area (Å²) in [6.45, 7) is 4.20. The maximum Gasteiger partial charge on any atom is 0.244 e. The molecule has 0 amide bonds.